The number of nitrogens with one attached hydrogen (secondary N) is 2. The number of halogens is 3. The van der Waals surface area contributed by atoms with Crippen LogP contribution >= 0.6 is 0 Å². The Hall–Kier alpha value is -3.11. The molecule has 3 rings (SSSR count). The summed E-state index contributed by atoms with van der Waals surface area (Å²) < 4.78 is 67.2. The van der Waals surface area contributed by atoms with E-state index in [9.17, 15) is 26.4 Å². The largest absolute Gasteiger partial charge is 0.457 e. The van der Waals surface area contributed by atoms with E-state index in [4.69, 9.17) is 4.42 Å². The van der Waals surface area contributed by atoms with Crippen molar-refractivity contribution >= 4 is 38.7 Å². The Labute approximate surface area is 164 Å². The van der Waals surface area contributed by atoms with Gasteiger partial charge in [0.15, 0.2) is 0 Å². The summed E-state index contributed by atoms with van der Waals surface area (Å²) in [6, 6.07) is 13.9. The smallest absolute Gasteiger partial charge is 0.402 e. The second kappa shape index (κ2) is 8.10. The number of fused-ring (bicyclic) bond motifs is 1. The Morgan fingerprint density at radius 2 is 1.76 bits per heavy atom. The number of hydrogen-bond donors (Lipinski definition) is 2. The second-order valence-corrected chi connectivity index (χ2v) is 7.74. The maximum absolute atomic E-state index is 12.2. The molecule has 0 bridgehead atoms. The number of benzene rings is 2. The lowest BCUT2D eigenvalue weighted by molar-refractivity contribution is -0.121. The highest BCUT2D eigenvalue weighted by Gasteiger charge is 2.30. The molecule has 1 amide bonds. The minimum Gasteiger partial charge on any atom is -0.457 e. The quantitative estimate of drug-likeness (QED) is 0.587. The van der Waals surface area contributed by atoms with Gasteiger partial charge in [-0.15, -0.1) is 0 Å². The molecule has 0 atom stereocenters. The van der Waals surface area contributed by atoms with Gasteiger partial charge in [0.1, 0.15) is 17.9 Å². The summed E-state index contributed by atoms with van der Waals surface area (Å²) in [5.74, 6) is -0.00482. The van der Waals surface area contributed by atoms with Crippen LogP contribution in [0.1, 0.15) is 5.76 Å². The molecule has 0 saturated heterocycles. The summed E-state index contributed by atoms with van der Waals surface area (Å²) >= 11 is 0. The predicted molar refractivity (Wildman–Crippen MR) is 102 cm³/mol. The van der Waals surface area contributed by atoms with E-state index >= 15 is 0 Å². The number of furan rings is 1. The van der Waals surface area contributed by atoms with Crippen LogP contribution in [-0.4, -0.2) is 27.0 Å². The Morgan fingerprint density at radius 3 is 2.41 bits per heavy atom. The summed E-state index contributed by atoms with van der Waals surface area (Å²) in [6.45, 7) is -1.67. The van der Waals surface area contributed by atoms with E-state index in [2.05, 4.69) is 5.32 Å². The predicted octanol–water partition coefficient (Wildman–Crippen LogP) is 3.93. The Morgan fingerprint density at radius 1 is 1.07 bits per heavy atom. The lowest BCUT2D eigenvalue weighted by Gasteiger charge is -2.10. The van der Waals surface area contributed by atoms with Crippen molar-refractivity contribution in [3.05, 3.63) is 66.4 Å². The van der Waals surface area contributed by atoms with Gasteiger partial charge >= 0.3 is 6.18 Å². The molecular formula is C19H15F3N2O4S. The highest BCUT2D eigenvalue weighted by Crippen LogP contribution is 2.20. The van der Waals surface area contributed by atoms with Gasteiger partial charge in [-0.25, -0.2) is 13.1 Å². The van der Waals surface area contributed by atoms with Gasteiger partial charge < -0.3 is 9.73 Å². The van der Waals surface area contributed by atoms with Crippen molar-refractivity contribution in [2.75, 3.05) is 11.9 Å². The molecule has 1 heterocycles. The van der Waals surface area contributed by atoms with Crippen LogP contribution in [0, 0.1) is 0 Å². The second-order valence-electron chi connectivity index (χ2n) is 5.97. The molecule has 0 aliphatic heterocycles. The first-order valence-electron chi connectivity index (χ1n) is 8.26. The molecule has 3 aromatic rings. The van der Waals surface area contributed by atoms with Gasteiger partial charge in [-0.05, 0) is 42.5 Å². The Bertz CT molecular complexity index is 1120. The summed E-state index contributed by atoms with van der Waals surface area (Å²) in [4.78, 5) is 11.7. The van der Waals surface area contributed by atoms with E-state index in [-0.39, 0.29) is 10.6 Å². The zero-order chi connectivity index (χ0) is 21.1. The maximum atomic E-state index is 12.2. The number of carbonyl (C=O) groups excluding carboxylic acids is 1. The highest BCUT2D eigenvalue weighted by molar-refractivity contribution is 7.89. The summed E-state index contributed by atoms with van der Waals surface area (Å²) in [6.07, 6.45) is -1.93. The summed E-state index contributed by atoms with van der Waals surface area (Å²) in [7, 11) is -4.31. The van der Waals surface area contributed by atoms with Gasteiger partial charge in [0.05, 0.1) is 4.90 Å². The number of para-hydroxylation sites is 1. The number of carbonyl (C=O) groups is 1. The van der Waals surface area contributed by atoms with Crippen molar-refractivity contribution in [3.8, 4) is 0 Å². The molecule has 0 saturated carbocycles. The zero-order valence-electron chi connectivity index (χ0n) is 14.7. The van der Waals surface area contributed by atoms with Crippen LogP contribution in [0.2, 0.25) is 0 Å². The Balaban J connectivity index is 1.62. The summed E-state index contributed by atoms with van der Waals surface area (Å²) in [5.41, 5.74) is 0.961. The van der Waals surface area contributed by atoms with Crippen LogP contribution in [0.5, 0.6) is 0 Å². The normalized spacial score (nSPS) is 12.5. The molecule has 0 spiro atoms. The molecule has 2 N–H and O–H groups in total. The fourth-order valence-corrected chi connectivity index (χ4v) is 3.42. The molecule has 0 fully saturated rings. The van der Waals surface area contributed by atoms with E-state index < -0.39 is 28.7 Å². The molecule has 10 heteroatoms. The molecule has 0 unspecified atom stereocenters. The van der Waals surface area contributed by atoms with Crippen molar-refractivity contribution in [1.82, 2.24) is 4.72 Å². The highest BCUT2D eigenvalue weighted by atomic mass is 32.2. The zero-order valence-corrected chi connectivity index (χ0v) is 15.5. The maximum Gasteiger partial charge on any atom is 0.402 e. The SMILES string of the molecule is O=C(/C=C/c1cc2ccccc2o1)Nc1ccc(S(=O)(=O)NCC(F)(F)F)cc1. The number of sulfonamides is 1. The molecule has 0 radical (unpaired) electrons. The first kappa shape index (κ1) is 20.6. The molecule has 6 nitrogen and oxygen atoms in total. The van der Waals surface area contributed by atoms with Crippen molar-refractivity contribution in [1.29, 1.82) is 0 Å². The van der Waals surface area contributed by atoms with Crippen molar-refractivity contribution in [3.63, 3.8) is 0 Å². The molecule has 0 aliphatic rings. The van der Waals surface area contributed by atoms with Crippen LogP contribution < -0.4 is 10.0 Å². The van der Waals surface area contributed by atoms with Gasteiger partial charge in [0.25, 0.3) is 0 Å². The van der Waals surface area contributed by atoms with Crippen LogP contribution in [0.25, 0.3) is 17.0 Å². The van der Waals surface area contributed by atoms with Crippen molar-refractivity contribution in [2.45, 2.75) is 11.1 Å². The van der Waals surface area contributed by atoms with E-state index in [0.717, 1.165) is 17.5 Å². The average Bonchev–Trinajstić information content (AvgIpc) is 3.08. The number of rotatable bonds is 6. The van der Waals surface area contributed by atoms with E-state index in [1.165, 1.54) is 29.0 Å². The topological polar surface area (TPSA) is 88.4 Å². The Kier molecular flexibility index (Phi) is 5.76. The fourth-order valence-electron chi connectivity index (χ4n) is 2.40. The molecule has 0 aliphatic carbocycles. The molecular weight excluding hydrogens is 409 g/mol. The van der Waals surface area contributed by atoms with Crippen LogP contribution in [0.4, 0.5) is 18.9 Å². The third kappa shape index (κ3) is 5.69. The summed E-state index contributed by atoms with van der Waals surface area (Å²) in [5, 5.41) is 3.41. The van der Waals surface area contributed by atoms with Crippen LogP contribution in [-0.2, 0) is 14.8 Å². The molecule has 152 valence electrons. The van der Waals surface area contributed by atoms with Crippen LogP contribution in [0.15, 0.2) is 70.0 Å². The van der Waals surface area contributed by atoms with Crippen LogP contribution in [0.3, 0.4) is 0 Å². The standard InChI is InChI=1S/C19H15F3N2O4S/c20-19(21,22)12-23-29(26,27)16-8-5-14(6-9-16)24-18(25)10-7-15-11-13-3-1-2-4-17(13)28-15/h1-11,23H,12H2,(H,24,25)/b10-7+. The van der Waals surface area contributed by atoms with Gasteiger partial charge in [-0.3, -0.25) is 4.79 Å². The van der Waals surface area contributed by atoms with E-state index in [1.54, 1.807) is 12.1 Å². The van der Waals surface area contributed by atoms with Crippen molar-refractivity contribution in [2.24, 2.45) is 0 Å². The van der Waals surface area contributed by atoms with Gasteiger partial charge in [0.2, 0.25) is 15.9 Å². The number of alkyl halides is 3. The van der Waals surface area contributed by atoms with Crippen molar-refractivity contribution < 1.29 is 30.8 Å². The minimum atomic E-state index is -4.66. The number of anilines is 1. The third-order valence-electron chi connectivity index (χ3n) is 3.74. The average molecular weight is 424 g/mol. The number of amides is 1. The minimum absolute atomic E-state index is 0.277. The van der Waals surface area contributed by atoms with Gasteiger partial charge in [0, 0.05) is 17.1 Å². The van der Waals surface area contributed by atoms with Gasteiger partial charge in [-0.1, -0.05) is 18.2 Å². The fraction of sp³-hybridized carbons (Fsp3) is 0.105. The first-order chi connectivity index (χ1) is 13.6. The lowest BCUT2D eigenvalue weighted by Crippen LogP contribution is -2.33. The first-order valence-corrected chi connectivity index (χ1v) is 9.75. The molecule has 29 heavy (non-hydrogen) atoms. The monoisotopic (exact) mass is 424 g/mol. The lowest BCUT2D eigenvalue weighted by atomic mass is 10.2. The third-order valence-corrected chi connectivity index (χ3v) is 5.16. The number of hydrogen-bond acceptors (Lipinski definition) is 4. The van der Waals surface area contributed by atoms with E-state index in [0.29, 0.717) is 11.3 Å². The van der Waals surface area contributed by atoms with E-state index in [1.807, 2.05) is 18.2 Å². The van der Waals surface area contributed by atoms with Gasteiger partial charge in [-0.2, -0.15) is 13.2 Å². The molecule has 2 aromatic carbocycles. The molecule has 1 aromatic heterocycles.